The number of carbonyl (C=O) groups is 1. The van der Waals surface area contributed by atoms with E-state index >= 15 is 0 Å². The highest BCUT2D eigenvalue weighted by atomic mass is 35.5. The van der Waals surface area contributed by atoms with Gasteiger partial charge in [0.1, 0.15) is 16.5 Å². The Morgan fingerprint density at radius 3 is 2.50 bits per heavy atom. The Labute approximate surface area is 199 Å². The number of amides is 1. The minimum atomic E-state index is -0.529. The third-order valence-corrected chi connectivity index (χ3v) is 6.06. The van der Waals surface area contributed by atoms with Crippen molar-refractivity contribution in [3.8, 4) is 5.75 Å². The maximum Gasteiger partial charge on any atom is 0.230 e. The summed E-state index contributed by atoms with van der Waals surface area (Å²) in [6.07, 6.45) is 2.91. The van der Waals surface area contributed by atoms with Crippen molar-refractivity contribution in [3.63, 3.8) is 0 Å². The lowest BCUT2D eigenvalue weighted by Gasteiger charge is -2.09. The first-order valence-electron chi connectivity index (χ1n) is 10.9. The zero-order chi connectivity index (χ0) is 23.0. The molecule has 0 atom stereocenters. The Morgan fingerprint density at radius 2 is 1.81 bits per heavy atom. The minimum Gasteiger partial charge on any atom is -0.494 e. The highest BCUT2D eigenvalue weighted by Crippen LogP contribution is 2.27. The van der Waals surface area contributed by atoms with Gasteiger partial charge in [0.2, 0.25) is 5.91 Å². The summed E-state index contributed by atoms with van der Waals surface area (Å²) in [5.74, 6) is 1.13. The molecule has 0 fully saturated rings. The summed E-state index contributed by atoms with van der Waals surface area (Å²) >= 11 is 7.33. The fraction of sp³-hybridized carbons (Fsp3) is 0.400. The number of thioether (sulfide) groups is 1. The standard InChI is InChI=1S/C25H30ClN3O2S/c1-4-5-16-31-21-12-8-19(9-13-21)23-24(29-25(2,3)28-23)32-17-22(30)27-15-14-18-6-10-20(26)11-7-18/h6-13H,4-5,14-17H2,1-3H3,(H,27,30). The molecule has 170 valence electrons. The number of nitrogens with one attached hydrogen (secondary N) is 1. The fourth-order valence-corrected chi connectivity index (χ4v) is 4.25. The molecule has 0 saturated heterocycles. The van der Waals surface area contributed by atoms with E-state index in [9.17, 15) is 4.79 Å². The molecular formula is C25H30ClN3O2S. The topological polar surface area (TPSA) is 63.1 Å². The summed E-state index contributed by atoms with van der Waals surface area (Å²) in [6, 6.07) is 15.6. The molecule has 0 bridgehead atoms. The van der Waals surface area contributed by atoms with Gasteiger partial charge in [0.05, 0.1) is 18.1 Å². The lowest BCUT2D eigenvalue weighted by atomic mass is 10.1. The van der Waals surface area contributed by atoms with Crippen LogP contribution < -0.4 is 10.1 Å². The number of carbonyl (C=O) groups excluding carboxylic acids is 1. The molecule has 0 radical (unpaired) electrons. The van der Waals surface area contributed by atoms with E-state index < -0.39 is 5.66 Å². The molecule has 1 aliphatic rings. The summed E-state index contributed by atoms with van der Waals surface area (Å²) in [6.45, 7) is 7.38. The molecule has 2 aromatic carbocycles. The van der Waals surface area contributed by atoms with Gasteiger partial charge in [-0.25, -0.2) is 4.99 Å². The zero-order valence-corrected chi connectivity index (χ0v) is 20.4. The van der Waals surface area contributed by atoms with E-state index in [1.807, 2.05) is 62.4 Å². The number of hydrogen-bond acceptors (Lipinski definition) is 5. The van der Waals surface area contributed by atoms with E-state index in [1.165, 1.54) is 11.8 Å². The van der Waals surface area contributed by atoms with E-state index in [1.54, 1.807) is 0 Å². The van der Waals surface area contributed by atoms with Crippen LogP contribution in [0.15, 0.2) is 58.5 Å². The van der Waals surface area contributed by atoms with Crippen LogP contribution in [-0.4, -0.2) is 41.2 Å². The second-order valence-corrected chi connectivity index (χ2v) is 9.51. The summed E-state index contributed by atoms with van der Waals surface area (Å²) < 4.78 is 5.75. The minimum absolute atomic E-state index is 0.0182. The van der Waals surface area contributed by atoms with Crippen molar-refractivity contribution < 1.29 is 9.53 Å². The fourth-order valence-electron chi connectivity index (χ4n) is 3.16. The summed E-state index contributed by atoms with van der Waals surface area (Å²) in [5.41, 5.74) is 2.42. The van der Waals surface area contributed by atoms with Crippen LogP contribution in [0.2, 0.25) is 5.02 Å². The number of nitrogens with zero attached hydrogens (tertiary/aromatic N) is 2. The van der Waals surface area contributed by atoms with Gasteiger partial charge in [0.25, 0.3) is 0 Å². The predicted octanol–water partition coefficient (Wildman–Crippen LogP) is 5.55. The molecule has 0 aromatic heterocycles. The normalized spacial score (nSPS) is 14.6. The van der Waals surface area contributed by atoms with Crippen molar-refractivity contribution in [1.82, 2.24) is 5.32 Å². The monoisotopic (exact) mass is 471 g/mol. The van der Waals surface area contributed by atoms with Crippen LogP contribution in [-0.2, 0) is 11.2 Å². The van der Waals surface area contributed by atoms with Crippen molar-refractivity contribution in [2.45, 2.75) is 45.7 Å². The highest BCUT2D eigenvalue weighted by Gasteiger charge is 2.28. The smallest absolute Gasteiger partial charge is 0.230 e. The van der Waals surface area contributed by atoms with Crippen LogP contribution in [0.3, 0.4) is 0 Å². The average molecular weight is 472 g/mol. The quantitative estimate of drug-likeness (QED) is 0.462. The molecule has 1 heterocycles. The summed E-state index contributed by atoms with van der Waals surface area (Å²) in [4.78, 5) is 21.8. The Hall–Kier alpha value is -2.31. The molecule has 7 heteroatoms. The van der Waals surface area contributed by atoms with E-state index in [0.717, 1.165) is 53.5 Å². The van der Waals surface area contributed by atoms with Gasteiger partial charge in [0, 0.05) is 17.1 Å². The van der Waals surface area contributed by atoms with Crippen LogP contribution in [0.1, 0.15) is 44.7 Å². The molecule has 32 heavy (non-hydrogen) atoms. The van der Waals surface area contributed by atoms with Gasteiger partial charge < -0.3 is 10.1 Å². The van der Waals surface area contributed by atoms with Gasteiger partial charge in [-0.05, 0) is 68.7 Å². The van der Waals surface area contributed by atoms with Crippen LogP contribution in [0.4, 0.5) is 0 Å². The lowest BCUT2D eigenvalue weighted by molar-refractivity contribution is -0.118. The van der Waals surface area contributed by atoms with Crippen molar-refractivity contribution in [2.24, 2.45) is 9.98 Å². The molecule has 1 N–H and O–H groups in total. The number of benzene rings is 2. The number of unbranched alkanes of at least 4 members (excludes halogenated alkanes) is 1. The number of ether oxygens (including phenoxy) is 1. The van der Waals surface area contributed by atoms with Crippen molar-refractivity contribution in [2.75, 3.05) is 18.9 Å². The lowest BCUT2D eigenvalue weighted by Crippen LogP contribution is -2.28. The number of rotatable bonds is 10. The van der Waals surface area contributed by atoms with Gasteiger partial charge in [-0.3, -0.25) is 9.79 Å². The first-order valence-corrected chi connectivity index (χ1v) is 12.3. The summed E-state index contributed by atoms with van der Waals surface area (Å²) in [5, 5.41) is 4.48. The van der Waals surface area contributed by atoms with Crippen molar-refractivity contribution >= 4 is 40.0 Å². The Bertz CT molecular complexity index is 970. The van der Waals surface area contributed by atoms with Gasteiger partial charge in [0.15, 0.2) is 0 Å². The molecule has 3 rings (SSSR count). The molecule has 0 unspecified atom stereocenters. The Morgan fingerprint density at radius 1 is 1.09 bits per heavy atom. The van der Waals surface area contributed by atoms with Crippen LogP contribution in [0, 0.1) is 0 Å². The summed E-state index contributed by atoms with van der Waals surface area (Å²) in [7, 11) is 0. The first-order chi connectivity index (χ1) is 15.4. The van der Waals surface area contributed by atoms with Gasteiger partial charge in [-0.1, -0.05) is 48.8 Å². The molecule has 1 amide bonds. The highest BCUT2D eigenvalue weighted by molar-refractivity contribution is 8.16. The predicted molar refractivity (Wildman–Crippen MR) is 136 cm³/mol. The number of halogens is 1. The average Bonchev–Trinajstić information content (AvgIpc) is 3.09. The van der Waals surface area contributed by atoms with Crippen molar-refractivity contribution in [1.29, 1.82) is 0 Å². The third kappa shape index (κ3) is 7.38. The molecule has 0 aliphatic carbocycles. The van der Waals surface area contributed by atoms with Gasteiger partial charge >= 0.3 is 0 Å². The first kappa shape index (κ1) is 24.3. The Kier molecular flexibility index (Phi) is 8.76. The molecule has 0 saturated carbocycles. The maximum atomic E-state index is 12.4. The maximum absolute atomic E-state index is 12.4. The van der Waals surface area contributed by atoms with Gasteiger partial charge in [-0.2, -0.15) is 0 Å². The molecular weight excluding hydrogens is 442 g/mol. The van der Waals surface area contributed by atoms with Crippen LogP contribution in [0.5, 0.6) is 5.75 Å². The van der Waals surface area contributed by atoms with E-state index in [0.29, 0.717) is 17.3 Å². The third-order valence-electron chi connectivity index (χ3n) is 4.85. The SMILES string of the molecule is CCCCOc1ccc(C2=NC(C)(C)N=C2SCC(=O)NCCc2ccc(Cl)cc2)cc1. The van der Waals surface area contributed by atoms with Crippen molar-refractivity contribution in [3.05, 3.63) is 64.7 Å². The van der Waals surface area contributed by atoms with Gasteiger partial charge in [-0.15, -0.1) is 0 Å². The van der Waals surface area contributed by atoms with E-state index in [4.69, 9.17) is 26.3 Å². The molecule has 2 aromatic rings. The van der Waals surface area contributed by atoms with Crippen LogP contribution in [0.25, 0.3) is 0 Å². The second kappa shape index (κ2) is 11.5. The zero-order valence-electron chi connectivity index (χ0n) is 18.9. The Balaban J connectivity index is 1.52. The molecule has 1 aliphatic heterocycles. The van der Waals surface area contributed by atoms with E-state index in [-0.39, 0.29) is 5.91 Å². The molecule has 0 spiro atoms. The largest absolute Gasteiger partial charge is 0.494 e. The number of aliphatic imine (C=N–C) groups is 2. The molecule has 5 nitrogen and oxygen atoms in total. The van der Waals surface area contributed by atoms with Crippen LogP contribution >= 0.6 is 23.4 Å². The second-order valence-electron chi connectivity index (χ2n) is 8.11. The van der Waals surface area contributed by atoms with E-state index in [2.05, 4.69) is 12.2 Å². The number of hydrogen-bond donors (Lipinski definition) is 1.